The number of nitrogens with zero attached hydrogens (tertiary/aromatic N) is 3. The minimum Gasteiger partial charge on any atom is -0.508 e. The molecule has 3 aromatic rings. The summed E-state index contributed by atoms with van der Waals surface area (Å²) in [6.45, 7) is 3.54. The summed E-state index contributed by atoms with van der Waals surface area (Å²) < 4.78 is 5.73. The second-order valence-electron chi connectivity index (χ2n) is 7.01. The highest BCUT2D eigenvalue weighted by atomic mass is 16.5. The van der Waals surface area contributed by atoms with Crippen molar-refractivity contribution in [2.24, 2.45) is 0 Å². The molecule has 0 saturated heterocycles. The van der Waals surface area contributed by atoms with Gasteiger partial charge in [0.25, 0.3) is 0 Å². The van der Waals surface area contributed by atoms with Crippen LogP contribution in [0.2, 0.25) is 0 Å². The van der Waals surface area contributed by atoms with E-state index >= 15 is 0 Å². The average molecular weight is 389 g/mol. The minimum atomic E-state index is 0.233. The molecule has 0 fully saturated rings. The molecule has 150 valence electrons. The molecule has 0 aliphatic heterocycles. The lowest BCUT2D eigenvalue weighted by Crippen LogP contribution is -2.19. The summed E-state index contributed by atoms with van der Waals surface area (Å²) in [5, 5.41) is 9.71. The van der Waals surface area contributed by atoms with Crippen molar-refractivity contribution in [2.45, 2.75) is 13.3 Å². The third kappa shape index (κ3) is 5.42. The second-order valence-corrected chi connectivity index (χ2v) is 7.01. The standard InChI is InChI=1S/C24H27N3O2/c1-4-22(18-8-6-5-7-9-18)23(19-10-12-20(28)13-11-19)24-25-16-21(17-26-24)29-15-14-27(2)3/h5-13,16-17,28H,4,14-15H2,1-3H3/b23-22+. The molecule has 3 rings (SSSR count). The molecule has 0 radical (unpaired) electrons. The van der Waals surface area contributed by atoms with E-state index in [4.69, 9.17) is 4.74 Å². The van der Waals surface area contributed by atoms with E-state index < -0.39 is 0 Å². The van der Waals surface area contributed by atoms with Crippen molar-refractivity contribution in [3.05, 3.63) is 83.9 Å². The molecule has 0 spiro atoms. The van der Waals surface area contributed by atoms with Gasteiger partial charge >= 0.3 is 0 Å². The molecule has 0 bridgehead atoms. The molecule has 1 N–H and O–H groups in total. The molecule has 1 heterocycles. The van der Waals surface area contributed by atoms with Gasteiger partial charge in [0.15, 0.2) is 11.6 Å². The molecular formula is C24H27N3O2. The number of rotatable bonds is 8. The Kier molecular flexibility index (Phi) is 6.98. The zero-order valence-corrected chi connectivity index (χ0v) is 17.2. The van der Waals surface area contributed by atoms with Crippen molar-refractivity contribution in [1.82, 2.24) is 14.9 Å². The second kappa shape index (κ2) is 9.85. The van der Waals surface area contributed by atoms with E-state index in [1.54, 1.807) is 24.5 Å². The summed E-state index contributed by atoms with van der Waals surface area (Å²) >= 11 is 0. The van der Waals surface area contributed by atoms with Crippen molar-refractivity contribution >= 4 is 11.1 Å². The summed E-state index contributed by atoms with van der Waals surface area (Å²) in [4.78, 5) is 11.3. The van der Waals surface area contributed by atoms with Crippen molar-refractivity contribution in [3.8, 4) is 11.5 Å². The van der Waals surface area contributed by atoms with Crippen LogP contribution in [0, 0.1) is 0 Å². The van der Waals surface area contributed by atoms with Gasteiger partial charge in [-0.3, -0.25) is 0 Å². The van der Waals surface area contributed by atoms with Gasteiger partial charge in [-0.15, -0.1) is 0 Å². The smallest absolute Gasteiger partial charge is 0.160 e. The maximum Gasteiger partial charge on any atom is 0.160 e. The Morgan fingerprint density at radius 3 is 2.17 bits per heavy atom. The van der Waals surface area contributed by atoms with Gasteiger partial charge < -0.3 is 14.7 Å². The maximum absolute atomic E-state index is 9.71. The molecule has 2 aromatic carbocycles. The lowest BCUT2D eigenvalue weighted by atomic mass is 9.92. The van der Waals surface area contributed by atoms with Crippen LogP contribution in [0.15, 0.2) is 67.0 Å². The van der Waals surface area contributed by atoms with Gasteiger partial charge in [-0.1, -0.05) is 49.4 Å². The van der Waals surface area contributed by atoms with E-state index in [0.717, 1.165) is 35.2 Å². The van der Waals surface area contributed by atoms with E-state index in [1.165, 1.54) is 0 Å². The van der Waals surface area contributed by atoms with Gasteiger partial charge in [-0.05, 0) is 49.3 Å². The topological polar surface area (TPSA) is 58.5 Å². The summed E-state index contributed by atoms with van der Waals surface area (Å²) in [5.41, 5.74) is 4.20. The van der Waals surface area contributed by atoms with E-state index in [0.29, 0.717) is 18.2 Å². The number of aromatic nitrogens is 2. The zero-order chi connectivity index (χ0) is 20.6. The van der Waals surface area contributed by atoms with E-state index in [1.807, 2.05) is 44.4 Å². The molecule has 1 aromatic heterocycles. The van der Waals surface area contributed by atoms with Gasteiger partial charge in [-0.2, -0.15) is 0 Å². The fourth-order valence-electron chi connectivity index (χ4n) is 3.10. The van der Waals surface area contributed by atoms with Gasteiger partial charge in [0.2, 0.25) is 0 Å². The Labute approximate surface area is 172 Å². The zero-order valence-electron chi connectivity index (χ0n) is 17.2. The van der Waals surface area contributed by atoms with E-state index in [9.17, 15) is 5.11 Å². The molecule has 5 heteroatoms. The fraction of sp³-hybridized carbons (Fsp3) is 0.250. The first-order valence-electron chi connectivity index (χ1n) is 9.76. The quantitative estimate of drug-likeness (QED) is 0.575. The van der Waals surface area contributed by atoms with Gasteiger partial charge in [0.05, 0.1) is 12.4 Å². The summed E-state index contributed by atoms with van der Waals surface area (Å²) in [6, 6.07) is 17.4. The van der Waals surface area contributed by atoms with Gasteiger partial charge in [0.1, 0.15) is 12.4 Å². The SMILES string of the molecule is CC/C(=C(/c1ccc(O)cc1)c1ncc(OCCN(C)C)cn1)c1ccccc1. The van der Waals surface area contributed by atoms with Gasteiger partial charge in [-0.25, -0.2) is 9.97 Å². The average Bonchev–Trinajstić information content (AvgIpc) is 2.74. The number of benzene rings is 2. The Bertz CT molecular complexity index is 934. The predicted octanol–water partition coefficient (Wildman–Crippen LogP) is 4.49. The van der Waals surface area contributed by atoms with Crippen LogP contribution in [-0.2, 0) is 0 Å². The molecular weight excluding hydrogens is 362 g/mol. The number of aromatic hydroxyl groups is 1. The van der Waals surface area contributed by atoms with Crippen LogP contribution in [0.5, 0.6) is 11.5 Å². The normalized spacial score (nSPS) is 12.0. The number of ether oxygens (including phenoxy) is 1. The number of allylic oxidation sites excluding steroid dienone is 1. The molecule has 0 aliphatic carbocycles. The maximum atomic E-state index is 9.71. The summed E-state index contributed by atoms with van der Waals surface area (Å²) in [7, 11) is 4.01. The fourth-order valence-corrected chi connectivity index (χ4v) is 3.10. The number of likely N-dealkylation sites (N-methyl/N-ethyl adjacent to an activating group) is 1. The number of phenolic OH excluding ortho intramolecular Hbond substituents is 1. The van der Waals surface area contributed by atoms with Crippen molar-refractivity contribution in [1.29, 1.82) is 0 Å². The van der Waals surface area contributed by atoms with Crippen LogP contribution in [0.4, 0.5) is 0 Å². The number of hydrogen-bond acceptors (Lipinski definition) is 5. The van der Waals surface area contributed by atoms with E-state index in [-0.39, 0.29) is 5.75 Å². The molecule has 0 aliphatic rings. The third-order valence-electron chi connectivity index (χ3n) is 4.59. The Morgan fingerprint density at radius 1 is 0.931 bits per heavy atom. The molecule has 0 atom stereocenters. The highest BCUT2D eigenvalue weighted by Gasteiger charge is 2.15. The monoisotopic (exact) mass is 389 g/mol. The summed E-state index contributed by atoms with van der Waals surface area (Å²) in [6.07, 6.45) is 4.26. The molecule has 29 heavy (non-hydrogen) atoms. The molecule has 0 saturated carbocycles. The number of hydrogen-bond donors (Lipinski definition) is 1. The highest BCUT2D eigenvalue weighted by molar-refractivity contribution is 5.96. The van der Waals surface area contributed by atoms with Crippen LogP contribution in [0.1, 0.15) is 30.3 Å². The first-order chi connectivity index (χ1) is 14.1. The molecule has 5 nitrogen and oxygen atoms in total. The Hall–Kier alpha value is -3.18. The summed E-state index contributed by atoms with van der Waals surface area (Å²) in [5.74, 6) is 1.52. The van der Waals surface area contributed by atoms with Crippen LogP contribution < -0.4 is 4.74 Å². The van der Waals surface area contributed by atoms with Crippen molar-refractivity contribution in [3.63, 3.8) is 0 Å². The van der Waals surface area contributed by atoms with E-state index in [2.05, 4.69) is 33.9 Å². The Morgan fingerprint density at radius 2 is 1.59 bits per heavy atom. The van der Waals surface area contributed by atoms with Crippen LogP contribution in [0.25, 0.3) is 11.1 Å². The van der Waals surface area contributed by atoms with Gasteiger partial charge in [0, 0.05) is 12.1 Å². The number of phenols is 1. The highest BCUT2D eigenvalue weighted by Crippen LogP contribution is 2.33. The largest absolute Gasteiger partial charge is 0.508 e. The predicted molar refractivity (Wildman–Crippen MR) is 117 cm³/mol. The lowest BCUT2D eigenvalue weighted by Gasteiger charge is -2.15. The van der Waals surface area contributed by atoms with Crippen LogP contribution in [0.3, 0.4) is 0 Å². The first kappa shape index (κ1) is 20.6. The molecule has 0 amide bonds. The molecule has 0 unspecified atom stereocenters. The Balaban J connectivity index is 2.02. The minimum absolute atomic E-state index is 0.233. The van der Waals surface area contributed by atoms with Crippen LogP contribution in [-0.4, -0.2) is 47.2 Å². The van der Waals surface area contributed by atoms with Crippen molar-refractivity contribution < 1.29 is 9.84 Å². The first-order valence-corrected chi connectivity index (χ1v) is 9.76. The third-order valence-corrected chi connectivity index (χ3v) is 4.59. The van der Waals surface area contributed by atoms with Crippen molar-refractivity contribution in [2.75, 3.05) is 27.2 Å². The van der Waals surface area contributed by atoms with Crippen LogP contribution >= 0.6 is 0 Å². The lowest BCUT2D eigenvalue weighted by molar-refractivity contribution is 0.260.